The Hall–Kier alpha value is -4.59. The first-order valence-electron chi connectivity index (χ1n) is 10.6. The molecule has 2 aromatic heterocycles. The highest BCUT2D eigenvalue weighted by Gasteiger charge is 2.52. The maximum absolute atomic E-state index is 13.5. The van der Waals surface area contributed by atoms with Crippen LogP contribution in [0.3, 0.4) is 0 Å². The lowest BCUT2D eigenvalue weighted by Crippen LogP contribution is -2.31. The molecular weight excluding hydrogens is 434 g/mol. The minimum atomic E-state index is -1.23. The number of benzene rings is 2. The Balaban J connectivity index is 1.56. The van der Waals surface area contributed by atoms with Gasteiger partial charge in [0.1, 0.15) is 23.6 Å². The van der Waals surface area contributed by atoms with Crippen LogP contribution < -0.4 is 9.64 Å². The molecule has 1 fully saturated rings. The first kappa shape index (κ1) is 21.3. The van der Waals surface area contributed by atoms with Gasteiger partial charge in [0.2, 0.25) is 5.78 Å². The summed E-state index contributed by atoms with van der Waals surface area (Å²) in [5.41, 5.74) is 2.68. The maximum Gasteiger partial charge on any atom is 0.295 e. The minimum Gasteiger partial charge on any atom is -0.497 e. The van der Waals surface area contributed by atoms with Crippen LogP contribution in [-0.4, -0.2) is 34.7 Å². The normalized spacial score (nSPS) is 17.7. The predicted molar refractivity (Wildman–Crippen MR) is 122 cm³/mol. The molecule has 3 heterocycles. The van der Waals surface area contributed by atoms with Gasteiger partial charge < -0.3 is 9.26 Å². The number of amides is 1. The van der Waals surface area contributed by atoms with E-state index in [0.29, 0.717) is 28.4 Å². The van der Waals surface area contributed by atoms with Crippen LogP contribution in [0.2, 0.25) is 0 Å². The monoisotopic (exact) mass is 453 g/mol. The van der Waals surface area contributed by atoms with Gasteiger partial charge in [-0.15, -0.1) is 0 Å². The number of pyridine rings is 1. The molecule has 0 saturated carbocycles. The minimum absolute atomic E-state index is 0.316. The number of methoxy groups -OCH3 is 1. The Morgan fingerprint density at radius 2 is 1.74 bits per heavy atom. The van der Waals surface area contributed by atoms with E-state index < -0.39 is 29.4 Å². The average molecular weight is 453 g/mol. The molecule has 0 aliphatic carbocycles. The van der Waals surface area contributed by atoms with Crippen LogP contribution in [-0.2, 0) is 9.59 Å². The molecular formula is C26H19N3O5. The van der Waals surface area contributed by atoms with Crippen molar-refractivity contribution in [2.24, 2.45) is 5.92 Å². The molecule has 168 valence electrons. The summed E-state index contributed by atoms with van der Waals surface area (Å²) in [7, 11) is 1.53. The van der Waals surface area contributed by atoms with Gasteiger partial charge in [0, 0.05) is 29.1 Å². The summed E-state index contributed by atoms with van der Waals surface area (Å²) in [4.78, 5) is 45.6. The average Bonchev–Trinajstić information content (AvgIpc) is 3.52. The molecule has 2 unspecified atom stereocenters. The number of ether oxygens (including phenoxy) is 1. The lowest BCUT2D eigenvalue weighted by atomic mass is 9.88. The van der Waals surface area contributed by atoms with Gasteiger partial charge in [-0.3, -0.25) is 24.3 Å². The molecule has 1 saturated heterocycles. The van der Waals surface area contributed by atoms with Crippen molar-refractivity contribution >= 4 is 23.2 Å². The molecule has 0 N–H and O–H groups in total. The molecule has 5 rings (SSSR count). The van der Waals surface area contributed by atoms with Crippen LogP contribution in [0.4, 0.5) is 5.69 Å². The number of hydrogen-bond acceptors (Lipinski definition) is 7. The highest BCUT2D eigenvalue weighted by atomic mass is 16.5. The second-order valence-electron chi connectivity index (χ2n) is 7.74. The van der Waals surface area contributed by atoms with Gasteiger partial charge in [0.15, 0.2) is 5.78 Å². The Morgan fingerprint density at radius 3 is 2.35 bits per heavy atom. The van der Waals surface area contributed by atoms with E-state index in [0.717, 1.165) is 5.56 Å². The van der Waals surface area contributed by atoms with Crippen molar-refractivity contribution in [3.8, 4) is 17.0 Å². The summed E-state index contributed by atoms with van der Waals surface area (Å²) in [6.07, 6.45) is 3.04. The van der Waals surface area contributed by atoms with Gasteiger partial charge in [0.05, 0.1) is 18.8 Å². The number of Topliss-reactive ketones (excluding diaryl/α,β-unsaturated/α-hetero) is 2. The molecule has 1 amide bonds. The smallest absolute Gasteiger partial charge is 0.295 e. The number of anilines is 1. The third kappa shape index (κ3) is 3.65. The van der Waals surface area contributed by atoms with Crippen LogP contribution >= 0.6 is 0 Å². The van der Waals surface area contributed by atoms with E-state index in [4.69, 9.17) is 9.26 Å². The topological polar surface area (TPSA) is 103 Å². The highest BCUT2D eigenvalue weighted by molar-refractivity contribution is 6.49. The number of carbonyl (C=O) groups is 3. The van der Waals surface area contributed by atoms with Crippen LogP contribution in [0.25, 0.3) is 11.3 Å². The van der Waals surface area contributed by atoms with Crippen LogP contribution in [0.5, 0.6) is 5.75 Å². The summed E-state index contributed by atoms with van der Waals surface area (Å²) >= 11 is 0. The Labute approximate surface area is 194 Å². The zero-order valence-corrected chi connectivity index (χ0v) is 18.1. The number of aromatic nitrogens is 2. The maximum atomic E-state index is 13.5. The number of hydrogen-bond donors (Lipinski definition) is 0. The van der Waals surface area contributed by atoms with E-state index in [1.54, 1.807) is 79.0 Å². The number of nitrogens with zero attached hydrogens (tertiary/aromatic N) is 3. The lowest BCUT2D eigenvalue weighted by Gasteiger charge is -2.26. The molecule has 8 nitrogen and oxygen atoms in total. The molecule has 2 aromatic carbocycles. The van der Waals surface area contributed by atoms with E-state index in [9.17, 15) is 14.4 Å². The SMILES string of the molecule is COc1ccc(C(=O)C2C(=O)C(=O)N(c3ccc(-c4ccon4)cc3)C2c2ccccn2)cc1. The van der Waals surface area contributed by atoms with E-state index >= 15 is 0 Å². The molecule has 2 atom stereocenters. The number of ketones is 2. The standard InChI is InChI=1S/C26H19N3O5/c1-33-19-11-7-17(8-12-19)24(30)22-23(21-4-2-3-14-27-21)29(26(32)25(22)31)18-9-5-16(6-10-18)20-13-15-34-28-20/h2-15,22-23H,1H3. The van der Waals surface area contributed by atoms with E-state index in [-0.39, 0.29) is 0 Å². The Kier molecular flexibility index (Phi) is 5.47. The second kappa shape index (κ2) is 8.74. The van der Waals surface area contributed by atoms with Crippen molar-refractivity contribution in [2.75, 3.05) is 12.0 Å². The molecule has 1 aliphatic heterocycles. The van der Waals surface area contributed by atoms with E-state index in [2.05, 4.69) is 10.1 Å². The lowest BCUT2D eigenvalue weighted by molar-refractivity contribution is -0.135. The third-order valence-electron chi connectivity index (χ3n) is 5.83. The van der Waals surface area contributed by atoms with Crippen LogP contribution in [0.1, 0.15) is 22.1 Å². The Morgan fingerprint density at radius 1 is 0.971 bits per heavy atom. The van der Waals surface area contributed by atoms with Crippen molar-refractivity contribution in [1.29, 1.82) is 0 Å². The summed E-state index contributed by atoms with van der Waals surface area (Å²) in [6, 6.07) is 19.5. The number of carbonyl (C=O) groups excluding carboxylic acids is 3. The molecule has 0 spiro atoms. The fourth-order valence-corrected chi connectivity index (χ4v) is 4.15. The first-order valence-corrected chi connectivity index (χ1v) is 10.6. The summed E-state index contributed by atoms with van der Waals surface area (Å²) in [6.45, 7) is 0. The van der Waals surface area contributed by atoms with Crippen molar-refractivity contribution in [1.82, 2.24) is 10.1 Å². The summed E-state index contributed by atoms with van der Waals surface area (Å²) in [5.74, 6) is -2.61. The summed E-state index contributed by atoms with van der Waals surface area (Å²) < 4.78 is 10.0. The third-order valence-corrected chi connectivity index (χ3v) is 5.83. The molecule has 34 heavy (non-hydrogen) atoms. The quantitative estimate of drug-likeness (QED) is 0.248. The largest absolute Gasteiger partial charge is 0.497 e. The van der Waals surface area contributed by atoms with Crippen LogP contribution in [0, 0.1) is 5.92 Å². The fraction of sp³-hybridized carbons (Fsp3) is 0.115. The van der Waals surface area contributed by atoms with Gasteiger partial charge in [-0.1, -0.05) is 23.4 Å². The predicted octanol–water partition coefficient (Wildman–Crippen LogP) is 3.90. The summed E-state index contributed by atoms with van der Waals surface area (Å²) in [5, 5.41) is 3.91. The Bertz CT molecular complexity index is 1330. The van der Waals surface area contributed by atoms with E-state index in [1.807, 2.05) is 0 Å². The van der Waals surface area contributed by atoms with E-state index in [1.165, 1.54) is 18.3 Å². The molecule has 0 bridgehead atoms. The van der Waals surface area contributed by atoms with Gasteiger partial charge in [-0.2, -0.15) is 0 Å². The zero-order chi connectivity index (χ0) is 23.7. The molecule has 1 aliphatic rings. The molecule has 4 aromatic rings. The van der Waals surface area contributed by atoms with Gasteiger partial charge in [-0.05, 0) is 48.5 Å². The van der Waals surface area contributed by atoms with Crippen molar-refractivity contribution in [2.45, 2.75) is 6.04 Å². The van der Waals surface area contributed by atoms with Gasteiger partial charge >= 0.3 is 0 Å². The molecule has 8 heteroatoms. The molecule has 0 radical (unpaired) electrons. The highest BCUT2D eigenvalue weighted by Crippen LogP contribution is 2.41. The van der Waals surface area contributed by atoms with Gasteiger partial charge in [-0.25, -0.2) is 0 Å². The first-order chi connectivity index (χ1) is 16.6. The fourth-order valence-electron chi connectivity index (χ4n) is 4.15. The van der Waals surface area contributed by atoms with Gasteiger partial charge in [0.25, 0.3) is 5.91 Å². The second-order valence-corrected chi connectivity index (χ2v) is 7.74. The van der Waals surface area contributed by atoms with Crippen molar-refractivity contribution in [3.63, 3.8) is 0 Å². The van der Waals surface area contributed by atoms with Crippen molar-refractivity contribution in [3.05, 3.63) is 96.5 Å². The van der Waals surface area contributed by atoms with Crippen LogP contribution in [0.15, 0.2) is 89.8 Å². The number of rotatable bonds is 6. The zero-order valence-electron chi connectivity index (χ0n) is 18.1. The van der Waals surface area contributed by atoms with Crippen molar-refractivity contribution < 1.29 is 23.6 Å².